The Kier molecular flexibility index (Phi) is 4.63. The van der Waals surface area contributed by atoms with E-state index in [9.17, 15) is 9.90 Å². The number of carbonyl (C=O) groups is 1. The first-order valence-corrected chi connectivity index (χ1v) is 7.09. The third-order valence-corrected chi connectivity index (χ3v) is 3.65. The molecule has 0 unspecified atom stereocenters. The first-order valence-electron chi connectivity index (χ1n) is 5.51. The van der Waals surface area contributed by atoms with E-state index in [2.05, 4.69) is 42.4 Å². The summed E-state index contributed by atoms with van der Waals surface area (Å²) in [7, 11) is 0. The van der Waals surface area contributed by atoms with Crippen LogP contribution in [-0.4, -0.2) is 29.4 Å². The Morgan fingerprint density at radius 1 is 1.40 bits per heavy atom. The minimum atomic E-state index is -0.733. The van der Waals surface area contributed by atoms with E-state index < -0.39 is 12.2 Å². The topological polar surface area (TPSA) is 106 Å². The molecule has 0 bridgehead atoms. The number of amidine groups is 1. The van der Waals surface area contributed by atoms with E-state index in [0.717, 1.165) is 0 Å². The van der Waals surface area contributed by atoms with Crippen LogP contribution in [0.5, 0.6) is 5.75 Å². The number of aromatic hydroxyl groups is 1. The van der Waals surface area contributed by atoms with Crippen LogP contribution >= 0.6 is 31.9 Å². The summed E-state index contributed by atoms with van der Waals surface area (Å²) in [6, 6.07) is 2.92. The standard InChI is InChI=1S/C11H11Br2N3O4/c1-4-19-11(20-4)9(14)15-16-10(18)5-2-6(12)8(17)7(13)3-5/h2-4,11,17H,1H3,(H2,14,15)(H,16,18). The number of phenolic OH excluding ortho intramolecular Hbond substituents is 1. The van der Waals surface area contributed by atoms with Gasteiger partial charge in [0.1, 0.15) is 5.75 Å². The molecule has 1 amide bonds. The number of benzene rings is 1. The normalized spacial score (nSPS) is 22.2. The van der Waals surface area contributed by atoms with Gasteiger partial charge < -0.3 is 20.3 Å². The average molecular weight is 409 g/mol. The number of ether oxygens (including phenoxy) is 2. The molecule has 1 aliphatic heterocycles. The van der Waals surface area contributed by atoms with E-state index in [4.69, 9.17) is 15.2 Å². The fraction of sp³-hybridized carbons (Fsp3) is 0.273. The van der Waals surface area contributed by atoms with Gasteiger partial charge in [0.15, 0.2) is 12.1 Å². The van der Waals surface area contributed by atoms with E-state index in [1.54, 1.807) is 6.92 Å². The molecule has 20 heavy (non-hydrogen) atoms. The molecule has 2 rings (SSSR count). The maximum absolute atomic E-state index is 11.9. The summed E-state index contributed by atoms with van der Waals surface area (Å²) in [5, 5.41) is 13.3. The molecule has 9 heteroatoms. The SMILES string of the molecule is CC1OC(/C(N)=N/NC(=O)c2cc(Br)c(O)c(Br)c2)O1. The van der Waals surface area contributed by atoms with Gasteiger partial charge in [0, 0.05) is 5.56 Å². The van der Waals surface area contributed by atoms with Gasteiger partial charge in [-0.25, -0.2) is 5.43 Å². The van der Waals surface area contributed by atoms with Crippen LogP contribution in [0.25, 0.3) is 0 Å². The number of hydrogen-bond acceptors (Lipinski definition) is 5. The predicted molar refractivity (Wildman–Crippen MR) is 78.0 cm³/mol. The molecule has 0 saturated carbocycles. The second-order valence-electron chi connectivity index (χ2n) is 3.94. The van der Waals surface area contributed by atoms with Crippen LogP contribution in [0.2, 0.25) is 0 Å². The molecule has 7 nitrogen and oxygen atoms in total. The van der Waals surface area contributed by atoms with Crippen molar-refractivity contribution in [2.45, 2.75) is 19.5 Å². The van der Waals surface area contributed by atoms with Gasteiger partial charge in [-0.05, 0) is 50.9 Å². The van der Waals surface area contributed by atoms with Crippen LogP contribution in [-0.2, 0) is 9.47 Å². The van der Waals surface area contributed by atoms with E-state index >= 15 is 0 Å². The predicted octanol–water partition coefficient (Wildman–Crippen LogP) is 1.64. The summed E-state index contributed by atoms with van der Waals surface area (Å²) >= 11 is 6.27. The fourth-order valence-corrected chi connectivity index (χ4v) is 2.61. The van der Waals surface area contributed by atoms with Gasteiger partial charge in [0.2, 0.25) is 6.29 Å². The lowest BCUT2D eigenvalue weighted by Crippen LogP contribution is -2.48. The molecule has 1 heterocycles. The van der Waals surface area contributed by atoms with Crippen molar-refractivity contribution in [2.75, 3.05) is 0 Å². The van der Waals surface area contributed by atoms with Crippen LogP contribution in [0.1, 0.15) is 17.3 Å². The Labute approximate surface area is 131 Å². The Balaban J connectivity index is 2.03. The lowest BCUT2D eigenvalue weighted by Gasteiger charge is -2.32. The summed E-state index contributed by atoms with van der Waals surface area (Å²) < 4.78 is 11.0. The monoisotopic (exact) mass is 407 g/mol. The number of rotatable bonds is 3. The number of phenols is 1. The molecule has 1 aromatic rings. The maximum atomic E-state index is 11.9. The largest absolute Gasteiger partial charge is 0.506 e. The highest BCUT2D eigenvalue weighted by Crippen LogP contribution is 2.33. The van der Waals surface area contributed by atoms with Crippen molar-refractivity contribution in [3.8, 4) is 5.75 Å². The molecule has 1 fully saturated rings. The van der Waals surface area contributed by atoms with Crippen molar-refractivity contribution in [3.63, 3.8) is 0 Å². The number of carbonyl (C=O) groups excluding carboxylic acids is 1. The van der Waals surface area contributed by atoms with Gasteiger partial charge in [-0.3, -0.25) is 4.79 Å². The number of nitrogens with zero attached hydrogens (tertiary/aromatic N) is 1. The number of nitrogens with one attached hydrogen (secondary N) is 1. The average Bonchev–Trinajstić information content (AvgIpc) is 2.37. The van der Waals surface area contributed by atoms with E-state index in [0.29, 0.717) is 14.5 Å². The van der Waals surface area contributed by atoms with Gasteiger partial charge in [0.25, 0.3) is 5.91 Å². The third kappa shape index (κ3) is 3.29. The smallest absolute Gasteiger partial charge is 0.271 e. The number of halogens is 2. The molecule has 1 aliphatic rings. The Bertz CT molecular complexity index is 550. The quantitative estimate of drug-likeness (QED) is 0.400. The summed E-state index contributed by atoms with van der Waals surface area (Å²) in [5.74, 6) is -0.454. The lowest BCUT2D eigenvalue weighted by atomic mass is 10.2. The third-order valence-electron chi connectivity index (χ3n) is 2.44. The van der Waals surface area contributed by atoms with Gasteiger partial charge in [-0.1, -0.05) is 0 Å². The lowest BCUT2D eigenvalue weighted by molar-refractivity contribution is -0.345. The Morgan fingerprint density at radius 3 is 2.45 bits per heavy atom. The van der Waals surface area contributed by atoms with Gasteiger partial charge >= 0.3 is 0 Å². The maximum Gasteiger partial charge on any atom is 0.271 e. The van der Waals surface area contributed by atoms with Gasteiger partial charge in [-0.15, -0.1) is 0 Å². The molecule has 108 valence electrons. The Morgan fingerprint density at radius 2 is 1.95 bits per heavy atom. The minimum absolute atomic E-state index is 0.00909. The van der Waals surface area contributed by atoms with Gasteiger partial charge in [0.05, 0.1) is 8.95 Å². The Hall–Kier alpha value is -1.16. The van der Waals surface area contributed by atoms with Crippen LogP contribution in [0.3, 0.4) is 0 Å². The zero-order valence-electron chi connectivity index (χ0n) is 10.3. The van der Waals surface area contributed by atoms with Crippen LogP contribution < -0.4 is 11.2 Å². The molecule has 1 saturated heterocycles. The van der Waals surface area contributed by atoms with Crippen LogP contribution in [0.15, 0.2) is 26.2 Å². The second-order valence-corrected chi connectivity index (χ2v) is 5.65. The molecule has 0 spiro atoms. The summed E-state index contributed by atoms with van der Waals surface area (Å²) in [5.41, 5.74) is 8.15. The highest BCUT2D eigenvalue weighted by molar-refractivity contribution is 9.11. The summed E-state index contributed by atoms with van der Waals surface area (Å²) in [6.45, 7) is 1.72. The van der Waals surface area contributed by atoms with Gasteiger partial charge in [-0.2, -0.15) is 5.10 Å². The van der Waals surface area contributed by atoms with Crippen LogP contribution in [0.4, 0.5) is 0 Å². The highest BCUT2D eigenvalue weighted by atomic mass is 79.9. The number of hydrogen-bond donors (Lipinski definition) is 3. The van der Waals surface area contributed by atoms with Crippen molar-refractivity contribution >= 4 is 43.6 Å². The van der Waals surface area contributed by atoms with Crippen LogP contribution in [0, 0.1) is 0 Å². The van der Waals surface area contributed by atoms with Crippen molar-refractivity contribution in [1.82, 2.24) is 5.43 Å². The minimum Gasteiger partial charge on any atom is -0.506 e. The molecule has 0 radical (unpaired) electrons. The highest BCUT2D eigenvalue weighted by Gasteiger charge is 2.30. The second kappa shape index (κ2) is 6.08. The molecular formula is C11H11Br2N3O4. The zero-order valence-corrected chi connectivity index (χ0v) is 13.4. The number of hydrazone groups is 1. The van der Waals surface area contributed by atoms with Crippen molar-refractivity contribution in [3.05, 3.63) is 26.6 Å². The van der Waals surface area contributed by atoms with Crippen molar-refractivity contribution < 1.29 is 19.4 Å². The molecule has 0 atom stereocenters. The van der Waals surface area contributed by atoms with E-state index in [1.165, 1.54) is 12.1 Å². The number of amides is 1. The number of nitrogens with two attached hydrogens (primary N) is 1. The van der Waals surface area contributed by atoms with Crippen molar-refractivity contribution in [1.29, 1.82) is 0 Å². The molecular weight excluding hydrogens is 398 g/mol. The van der Waals surface area contributed by atoms with E-state index in [1.807, 2.05) is 0 Å². The van der Waals surface area contributed by atoms with Crippen molar-refractivity contribution in [2.24, 2.45) is 10.8 Å². The molecule has 1 aromatic carbocycles. The molecule has 4 N–H and O–H groups in total. The van der Waals surface area contributed by atoms with E-state index in [-0.39, 0.29) is 17.9 Å². The first kappa shape index (κ1) is 15.2. The summed E-state index contributed by atoms with van der Waals surface area (Å²) in [6.07, 6.45) is -1.06. The first-order chi connectivity index (χ1) is 9.38. The zero-order chi connectivity index (χ0) is 14.9. The summed E-state index contributed by atoms with van der Waals surface area (Å²) in [4.78, 5) is 11.9. The molecule has 0 aromatic heterocycles. The fourth-order valence-electron chi connectivity index (χ4n) is 1.43. The molecule has 0 aliphatic carbocycles.